The van der Waals surface area contributed by atoms with Gasteiger partial charge in [0.2, 0.25) is 0 Å². The molecule has 2 aromatic heterocycles. The third kappa shape index (κ3) is 3.15. The minimum absolute atomic E-state index is 0.0474. The fourth-order valence-corrected chi connectivity index (χ4v) is 2.91. The van der Waals surface area contributed by atoms with Crippen LogP contribution < -0.4 is 5.73 Å². The summed E-state index contributed by atoms with van der Waals surface area (Å²) in [7, 11) is 0. The van der Waals surface area contributed by atoms with E-state index in [0.717, 1.165) is 13.0 Å². The third-order valence-corrected chi connectivity index (χ3v) is 4.01. The monoisotopic (exact) mass is 253 g/mol. The van der Waals surface area contributed by atoms with Gasteiger partial charge in [0.25, 0.3) is 0 Å². The first kappa shape index (κ1) is 11.8. The van der Waals surface area contributed by atoms with Crippen molar-refractivity contribution in [3.8, 4) is 0 Å². The van der Waals surface area contributed by atoms with Crippen molar-refractivity contribution < 1.29 is 4.74 Å². The van der Waals surface area contributed by atoms with Crippen molar-refractivity contribution >= 4 is 22.7 Å². The second-order valence-corrected chi connectivity index (χ2v) is 5.29. The van der Waals surface area contributed by atoms with Gasteiger partial charge in [-0.25, -0.2) is 0 Å². The Kier molecular flexibility index (Phi) is 4.54. The Morgan fingerprint density at radius 3 is 2.88 bits per heavy atom. The Hall–Kier alpha value is -0.680. The highest BCUT2D eigenvalue weighted by Gasteiger charge is 2.10. The van der Waals surface area contributed by atoms with Crippen LogP contribution >= 0.6 is 22.7 Å². The van der Waals surface area contributed by atoms with Crippen LogP contribution in [-0.2, 0) is 11.2 Å². The maximum absolute atomic E-state index is 5.80. The predicted molar refractivity (Wildman–Crippen MR) is 70.1 cm³/mol. The largest absolute Gasteiger partial charge is 0.372 e. The van der Waals surface area contributed by atoms with Crippen LogP contribution in [0.2, 0.25) is 0 Å². The molecule has 0 radical (unpaired) electrons. The fourth-order valence-electron chi connectivity index (χ4n) is 1.52. The summed E-state index contributed by atoms with van der Waals surface area (Å²) in [6.45, 7) is 1.28. The van der Waals surface area contributed by atoms with Crippen molar-refractivity contribution in [2.75, 3.05) is 13.2 Å². The van der Waals surface area contributed by atoms with E-state index in [1.54, 1.807) is 22.7 Å². The highest BCUT2D eigenvalue weighted by atomic mass is 32.1. The smallest absolute Gasteiger partial charge is 0.0955 e. The molecule has 0 aliphatic carbocycles. The molecule has 0 saturated carbocycles. The van der Waals surface area contributed by atoms with Gasteiger partial charge in [0.05, 0.1) is 12.7 Å². The average Bonchev–Trinajstić information content (AvgIpc) is 2.96. The number of hydrogen-bond donors (Lipinski definition) is 1. The van der Waals surface area contributed by atoms with Crippen LogP contribution in [0, 0.1) is 0 Å². The topological polar surface area (TPSA) is 35.2 Å². The molecule has 0 saturated heterocycles. The fraction of sp³-hybridized carbons (Fsp3) is 0.333. The summed E-state index contributed by atoms with van der Waals surface area (Å²) in [6.07, 6.45) is 1.02. The number of nitrogens with two attached hydrogens (primary N) is 1. The summed E-state index contributed by atoms with van der Waals surface area (Å²) in [5, 5.41) is 6.25. The second kappa shape index (κ2) is 6.15. The van der Waals surface area contributed by atoms with Crippen LogP contribution in [0.3, 0.4) is 0 Å². The lowest BCUT2D eigenvalue weighted by molar-refractivity contribution is 0.0615. The first-order valence-corrected chi connectivity index (χ1v) is 7.08. The standard InChI is InChI=1S/C12H15NOS2/c13-8-12(10-4-7-15-9-10)14-5-3-11-2-1-6-16-11/h1-2,4,6-7,9,12H,3,5,8,13H2. The Morgan fingerprint density at radius 1 is 1.31 bits per heavy atom. The summed E-state index contributed by atoms with van der Waals surface area (Å²) in [5.41, 5.74) is 6.90. The van der Waals surface area contributed by atoms with Gasteiger partial charge in [0, 0.05) is 17.8 Å². The lowest BCUT2D eigenvalue weighted by Crippen LogP contribution is -2.16. The zero-order valence-electron chi connectivity index (χ0n) is 8.96. The van der Waals surface area contributed by atoms with Crippen molar-refractivity contribution in [2.45, 2.75) is 12.5 Å². The molecular formula is C12H15NOS2. The van der Waals surface area contributed by atoms with E-state index in [1.165, 1.54) is 10.4 Å². The maximum atomic E-state index is 5.80. The molecular weight excluding hydrogens is 238 g/mol. The van der Waals surface area contributed by atoms with Crippen molar-refractivity contribution in [1.29, 1.82) is 0 Å². The summed E-state index contributed by atoms with van der Waals surface area (Å²) in [4.78, 5) is 1.36. The van der Waals surface area contributed by atoms with E-state index in [0.29, 0.717) is 6.54 Å². The molecule has 0 aromatic carbocycles. The molecule has 2 heterocycles. The molecule has 0 amide bonds. The van der Waals surface area contributed by atoms with E-state index in [9.17, 15) is 0 Å². The average molecular weight is 253 g/mol. The van der Waals surface area contributed by atoms with Crippen molar-refractivity contribution in [2.24, 2.45) is 5.73 Å². The highest BCUT2D eigenvalue weighted by Crippen LogP contribution is 2.19. The zero-order chi connectivity index (χ0) is 11.2. The number of thiophene rings is 2. The number of hydrogen-bond acceptors (Lipinski definition) is 4. The second-order valence-electron chi connectivity index (χ2n) is 3.48. The van der Waals surface area contributed by atoms with Crippen molar-refractivity contribution in [3.05, 3.63) is 44.8 Å². The molecule has 2 nitrogen and oxygen atoms in total. The van der Waals surface area contributed by atoms with Crippen LogP contribution in [0.1, 0.15) is 16.5 Å². The molecule has 0 aliphatic rings. The normalized spacial score (nSPS) is 12.8. The molecule has 0 fully saturated rings. The molecule has 16 heavy (non-hydrogen) atoms. The molecule has 0 bridgehead atoms. The van der Waals surface area contributed by atoms with Gasteiger partial charge in [-0.05, 0) is 33.8 Å². The van der Waals surface area contributed by atoms with Crippen LogP contribution in [0.25, 0.3) is 0 Å². The molecule has 2 N–H and O–H groups in total. The summed E-state index contributed by atoms with van der Waals surface area (Å²) >= 11 is 3.45. The molecule has 1 atom stereocenters. The van der Waals surface area contributed by atoms with E-state index < -0.39 is 0 Å². The third-order valence-electron chi connectivity index (χ3n) is 2.38. The lowest BCUT2D eigenvalue weighted by Gasteiger charge is -2.14. The highest BCUT2D eigenvalue weighted by molar-refractivity contribution is 7.09. The minimum Gasteiger partial charge on any atom is -0.372 e. The molecule has 4 heteroatoms. The van der Waals surface area contributed by atoms with Crippen LogP contribution in [-0.4, -0.2) is 13.2 Å². The van der Waals surface area contributed by atoms with Gasteiger partial charge in [-0.3, -0.25) is 0 Å². The van der Waals surface area contributed by atoms with Crippen LogP contribution in [0.15, 0.2) is 34.3 Å². The SMILES string of the molecule is NCC(OCCc1cccs1)c1ccsc1. The zero-order valence-corrected chi connectivity index (χ0v) is 10.6. The molecule has 2 aromatic rings. The van der Waals surface area contributed by atoms with Gasteiger partial charge in [0.1, 0.15) is 0 Å². The van der Waals surface area contributed by atoms with E-state index in [-0.39, 0.29) is 6.10 Å². The number of ether oxygens (including phenoxy) is 1. The molecule has 2 rings (SSSR count). The van der Waals surface area contributed by atoms with Gasteiger partial charge in [0.15, 0.2) is 0 Å². The van der Waals surface area contributed by atoms with Gasteiger partial charge in [-0.1, -0.05) is 6.07 Å². The van der Waals surface area contributed by atoms with E-state index in [2.05, 4.69) is 34.3 Å². The maximum Gasteiger partial charge on any atom is 0.0955 e. The lowest BCUT2D eigenvalue weighted by atomic mass is 10.2. The molecule has 86 valence electrons. The Labute approximate surface area is 104 Å². The summed E-state index contributed by atoms with van der Waals surface area (Å²) in [5.74, 6) is 0. The predicted octanol–water partition coefficient (Wildman–Crippen LogP) is 3.07. The van der Waals surface area contributed by atoms with Crippen molar-refractivity contribution in [3.63, 3.8) is 0 Å². The Bertz CT molecular complexity index is 383. The minimum atomic E-state index is 0.0474. The molecule has 0 spiro atoms. The molecule has 1 unspecified atom stereocenters. The number of rotatable bonds is 6. The molecule has 0 aliphatic heterocycles. The van der Waals surface area contributed by atoms with Crippen molar-refractivity contribution in [1.82, 2.24) is 0 Å². The first-order valence-electron chi connectivity index (χ1n) is 5.26. The first-order chi connectivity index (χ1) is 7.90. The van der Waals surface area contributed by atoms with Gasteiger partial charge in [-0.2, -0.15) is 11.3 Å². The van der Waals surface area contributed by atoms with E-state index >= 15 is 0 Å². The quantitative estimate of drug-likeness (QED) is 0.858. The van der Waals surface area contributed by atoms with Crippen LogP contribution in [0.5, 0.6) is 0 Å². The van der Waals surface area contributed by atoms with E-state index in [1.807, 2.05) is 0 Å². The summed E-state index contributed by atoms with van der Waals surface area (Å²) in [6, 6.07) is 6.28. The van der Waals surface area contributed by atoms with Crippen LogP contribution in [0.4, 0.5) is 0 Å². The van der Waals surface area contributed by atoms with E-state index in [4.69, 9.17) is 10.5 Å². The summed E-state index contributed by atoms with van der Waals surface area (Å²) < 4.78 is 5.80. The van der Waals surface area contributed by atoms with Gasteiger partial charge < -0.3 is 10.5 Å². The van der Waals surface area contributed by atoms with Gasteiger partial charge in [-0.15, -0.1) is 11.3 Å². The Morgan fingerprint density at radius 2 is 2.25 bits per heavy atom. The Balaban J connectivity index is 1.80. The van der Waals surface area contributed by atoms with Gasteiger partial charge >= 0.3 is 0 Å².